The Hall–Kier alpha value is -0.610. The molecule has 0 saturated carbocycles. The fraction of sp³-hybridized carbons (Fsp3) is 0.500. The number of alkyl halides is 1. The highest BCUT2D eigenvalue weighted by Gasteiger charge is 2.04. The van der Waals surface area contributed by atoms with Crippen LogP contribution in [0.2, 0.25) is 5.28 Å². The number of anilines is 1. The zero-order valence-corrected chi connectivity index (χ0v) is 8.26. The van der Waals surface area contributed by atoms with Gasteiger partial charge in [0, 0.05) is 14.1 Å². The summed E-state index contributed by atoms with van der Waals surface area (Å²) in [6.07, 6.45) is 0. The number of rotatable bonds is 2. The summed E-state index contributed by atoms with van der Waals surface area (Å²) in [4.78, 5) is 13.5. The summed E-state index contributed by atoms with van der Waals surface area (Å²) in [5.41, 5.74) is 0. The molecule has 4 nitrogen and oxygen atoms in total. The predicted octanol–water partition coefficient (Wildman–Crippen LogP) is 1.33. The van der Waals surface area contributed by atoms with Crippen molar-refractivity contribution in [2.45, 2.75) is 5.88 Å². The van der Waals surface area contributed by atoms with Crippen LogP contribution in [-0.4, -0.2) is 29.0 Å². The molecule has 0 unspecified atom stereocenters. The van der Waals surface area contributed by atoms with E-state index in [0.717, 1.165) is 0 Å². The van der Waals surface area contributed by atoms with Gasteiger partial charge in [0.1, 0.15) is 0 Å². The third-order valence-corrected chi connectivity index (χ3v) is 1.57. The first-order chi connectivity index (χ1) is 5.63. The zero-order valence-electron chi connectivity index (χ0n) is 6.75. The van der Waals surface area contributed by atoms with Crippen molar-refractivity contribution < 1.29 is 0 Å². The topological polar surface area (TPSA) is 41.9 Å². The number of hydrogen-bond donors (Lipinski definition) is 0. The minimum absolute atomic E-state index is 0.171. The smallest absolute Gasteiger partial charge is 0.229 e. The van der Waals surface area contributed by atoms with Crippen molar-refractivity contribution in [2.24, 2.45) is 0 Å². The van der Waals surface area contributed by atoms with Crippen LogP contribution in [0.15, 0.2) is 0 Å². The van der Waals surface area contributed by atoms with Gasteiger partial charge in [-0.2, -0.15) is 9.97 Å². The molecule has 0 atom stereocenters. The van der Waals surface area contributed by atoms with E-state index in [9.17, 15) is 0 Å². The van der Waals surface area contributed by atoms with E-state index in [0.29, 0.717) is 11.8 Å². The van der Waals surface area contributed by atoms with Gasteiger partial charge in [-0.25, -0.2) is 4.98 Å². The van der Waals surface area contributed by atoms with Gasteiger partial charge in [0.05, 0.1) is 5.88 Å². The molecule has 6 heteroatoms. The van der Waals surface area contributed by atoms with Crippen molar-refractivity contribution in [1.29, 1.82) is 0 Å². The molecule has 12 heavy (non-hydrogen) atoms. The Labute approximate surface area is 80.6 Å². The van der Waals surface area contributed by atoms with Gasteiger partial charge in [0.25, 0.3) is 0 Å². The Morgan fingerprint density at radius 1 is 1.25 bits per heavy atom. The molecule has 1 aromatic heterocycles. The minimum atomic E-state index is 0.171. The average Bonchev–Trinajstić information content (AvgIpc) is 2.03. The molecule has 0 N–H and O–H groups in total. The van der Waals surface area contributed by atoms with Crippen LogP contribution in [0, 0.1) is 0 Å². The van der Waals surface area contributed by atoms with Crippen LogP contribution in [-0.2, 0) is 5.88 Å². The van der Waals surface area contributed by atoms with Crippen LogP contribution in [0.4, 0.5) is 5.95 Å². The van der Waals surface area contributed by atoms with E-state index in [2.05, 4.69) is 15.0 Å². The number of nitrogens with zero attached hydrogens (tertiary/aromatic N) is 4. The maximum Gasteiger partial charge on any atom is 0.229 e. The molecule has 0 amide bonds. The molecule has 66 valence electrons. The van der Waals surface area contributed by atoms with Crippen LogP contribution < -0.4 is 4.90 Å². The van der Waals surface area contributed by atoms with E-state index in [1.165, 1.54) is 0 Å². The van der Waals surface area contributed by atoms with Crippen LogP contribution >= 0.6 is 23.2 Å². The molecular weight excluding hydrogens is 199 g/mol. The molecule has 0 aliphatic heterocycles. The zero-order chi connectivity index (χ0) is 9.14. The highest BCUT2D eigenvalue weighted by molar-refractivity contribution is 6.28. The summed E-state index contributed by atoms with van der Waals surface area (Å²) in [5.74, 6) is 1.24. The molecule has 1 heterocycles. The Morgan fingerprint density at radius 3 is 2.42 bits per heavy atom. The van der Waals surface area contributed by atoms with Gasteiger partial charge in [-0.3, -0.25) is 0 Å². The molecule has 0 aliphatic carbocycles. The Kier molecular flexibility index (Phi) is 3.05. The fourth-order valence-electron chi connectivity index (χ4n) is 0.639. The summed E-state index contributed by atoms with van der Waals surface area (Å²) in [5, 5.41) is 0.171. The van der Waals surface area contributed by atoms with Gasteiger partial charge in [0.15, 0.2) is 5.82 Å². The van der Waals surface area contributed by atoms with E-state index in [1.807, 2.05) is 14.1 Å². The lowest BCUT2D eigenvalue weighted by Gasteiger charge is -2.09. The van der Waals surface area contributed by atoms with Crippen molar-refractivity contribution in [3.05, 3.63) is 11.1 Å². The minimum Gasteiger partial charge on any atom is -0.347 e. The van der Waals surface area contributed by atoms with Gasteiger partial charge in [-0.05, 0) is 11.6 Å². The van der Waals surface area contributed by atoms with E-state index in [1.54, 1.807) is 4.90 Å². The largest absolute Gasteiger partial charge is 0.347 e. The maximum absolute atomic E-state index is 5.63. The summed E-state index contributed by atoms with van der Waals surface area (Å²) >= 11 is 11.2. The molecule has 0 spiro atoms. The molecule has 0 aromatic carbocycles. The summed E-state index contributed by atoms with van der Waals surface area (Å²) in [6.45, 7) is 0. The highest BCUT2D eigenvalue weighted by atomic mass is 35.5. The van der Waals surface area contributed by atoms with E-state index < -0.39 is 0 Å². The number of hydrogen-bond acceptors (Lipinski definition) is 4. The van der Waals surface area contributed by atoms with Crippen molar-refractivity contribution >= 4 is 29.2 Å². The second kappa shape index (κ2) is 3.87. The lowest BCUT2D eigenvalue weighted by Crippen LogP contribution is -2.14. The van der Waals surface area contributed by atoms with Gasteiger partial charge in [-0.1, -0.05) is 0 Å². The van der Waals surface area contributed by atoms with Crippen molar-refractivity contribution in [2.75, 3.05) is 19.0 Å². The standard InChI is InChI=1S/C6H8Cl2N4/c1-12(2)6-10-4(3-7)9-5(8)11-6/h3H2,1-2H3. The SMILES string of the molecule is CN(C)c1nc(Cl)nc(CCl)n1. The third-order valence-electron chi connectivity index (χ3n) is 1.16. The lowest BCUT2D eigenvalue weighted by atomic mass is 10.7. The molecular formula is C6H8Cl2N4. The van der Waals surface area contributed by atoms with Crippen LogP contribution in [0.25, 0.3) is 0 Å². The molecule has 0 saturated heterocycles. The maximum atomic E-state index is 5.63. The second-order valence-corrected chi connectivity index (χ2v) is 2.95. The second-order valence-electron chi connectivity index (χ2n) is 2.35. The van der Waals surface area contributed by atoms with E-state index in [-0.39, 0.29) is 11.2 Å². The number of halogens is 2. The Balaban J connectivity index is 3.06. The van der Waals surface area contributed by atoms with Gasteiger partial charge in [-0.15, -0.1) is 11.6 Å². The first-order valence-electron chi connectivity index (χ1n) is 3.27. The van der Waals surface area contributed by atoms with Crippen LogP contribution in [0.1, 0.15) is 5.82 Å². The quantitative estimate of drug-likeness (QED) is 0.686. The normalized spacial score (nSPS) is 10.0. The van der Waals surface area contributed by atoms with Crippen LogP contribution in [0.5, 0.6) is 0 Å². The van der Waals surface area contributed by atoms with Gasteiger partial charge >= 0.3 is 0 Å². The molecule has 0 bridgehead atoms. The summed E-state index contributed by atoms with van der Waals surface area (Å²) in [7, 11) is 3.65. The third kappa shape index (κ3) is 2.19. The number of aromatic nitrogens is 3. The van der Waals surface area contributed by atoms with Crippen molar-refractivity contribution in [1.82, 2.24) is 15.0 Å². The first kappa shape index (κ1) is 9.48. The average molecular weight is 207 g/mol. The fourth-order valence-corrected chi connectivity index (χ4v) is 0.932. The highest BCUT2D eigenvalue weighted by Crippen LogP contribution is 2.09. The first-order valence-corrected chi connectivity index (χ1v) is 4.18. The molecule has 0 fully saturated rings. The summed E-state index contributed by atoms with van der Waals surface area (Å²) in [6, 6.07) is 0. The predicted molar refractivity (Wildman–Crippen MR) is 48.7 cm³/mol. The Morgan fingerprint density at radius 2 is 1.92 bits per heavy atom. The van der Waals surface area contributed by atoms with Crippen molar-refractivity contribution in [3.8, 4) is 0 Å². The monoisotopic (exact) mass is 206 g/mol. The molecule has 1 aromatic rings. The van der Waals surface area contributed by atoms with Crippen LogP contribution in [0.3, 0.4) is 0 Å². The van der Waals surface area contributed by atoms with Crippen molar-refractivity contribution in [3.63, 3.8) is 0 Å². The summed E-state index contributed by atoms with van der Waals surface area (Å²) < 4.78 is 0. The van der Waals surface area contributed by atoms with E-state index >= 15 is 0 Å². The van der Waals surface area contributed by atoms with E-state index in [4.69, 9.17) is 23.2 Å². The van der Waals surface area contributed by atoms with Gasteiger partial charge in [0.2, 0.25) is 11.2 Å². The molecule has 1 rings (SSSR count). The molecule has 0 radical (unpaired) electrons. The lowest BCUT2D eigenvalue weighted by molar-refractivity contribution is 0.908. The molecule has 0 aliphatic rings. The van der Waals surface area contributed by atoms with Gasteiger partial charge < -0.3 is 4.90 Å². The Bertz CT molecular complexity index is 276.